The number of quaternary nitrogens is 1. The highest BCUT2D eigenvalue weighted by Gasteiger charge is 2.27. The number of hydrogen-bond acceptors (Lipinski definition) is 5. The number of likely N-dealkylation sites (N-methyl/N-ethyl adjacent to an activating group) is 1. The molecule has 0 saturated carbocycles. The number of phosphoric acid groups is 1. The molecule has 0 aliphatic carbocycles. The lowest BCUT2D eigenvalue weighted by Crippen LogP contribution is -2.45. The van der Waals surface area contributed by atoms with Crippen molar-refractivity contribution in [2.45, 2.75) is 161 Å². The third-order valence-corrected chi connectivity index (χ3v) is 10.0. The third kappa shape index (κ3) is 41.4. The molecule has 0 bridgehead atoms. The van der Waals surface area contributed by atoms with Crippen LogP contribution in [0.5, 0.6) is 0 Å². The van der Waals surface area contributed by atoms with Gasteiger partial charge in [-0.1, -0.05) is 162 Å². The molecule has 3 unspecified atom stereocenters. The Kier molecular flexibility index (Phi) is 37.2. The SMILES string of the molecule is CC/C=C\C/C=C\C/C=C\C/C=C\C/C=C\C/C=C\C/C=C\CCCCCC(=O)NC(COP(=O)(O)OCC[N+](C)(C)C)C(O)/C=C/CCCCCCCCCC. The van der Waals surface area contributed by atoms with Crippen LogP contribution in [0.1, 0.15) is 149 Å². The molecule has 0 aliphatic rings. The molecule has 0 radical (unpaired) electrons. The van der Waals surface area contributed by atoms with Crippen molar-refractivity contribution in [2.75, 3.05) is 40.9 Å². The maximum Gasteiger partial charge on any atom is 0.472 e. The van der Waals surface area contributed by atoms with Gasteiger partial charge in [-0.25, -0.2) is 4.57 Å². The molecule has 8 nitrogen and oxygen atoms in total. The quantitative estimate of drug-likeness (QED) is 0.0248. The summed E-state index contributed by atoms with van der Waals surface area (Å²) in [7, 11) is 1.53. The topological polar surface area (TPSA) is 105 Å². The molecule has 0 aliphatic heterocycles. The van der Waals surface area contributed by atoms with Gasteiger partial charge in [0.1, 0.15) is 13.2 Å². The number of unbranched alkanes of at least 4 members (excludes halogenated alkanes) is 11. The lowest BCUT2D eigenvalue weighted by Gasteiger charge is -2.25. The summed E-state index contributed by atoms with van der Waals surface area (Å²) >= 11 is 0. The van der Waals surface area contributed by atoms with Crippen molar-refractivity contribution in [3.05, 3.63) is 97.2 Å². The van der Waals surface area contributed by atoms with Crippen molar-refractivity contribution in [3.8, 4) is 0 Å². The number of allylic oxidation sites excluding steroid dienone is 15. The number of nitrogens with one attached hydrogen (secondary N) is 1. The molecule has 326 valence electrons. The first-order valence-corrected chi connectivity index (χ1v) is 23.6. The standard InChI is InChI=1S/C48H83N2O6P/c1-6-8-10-12-14-16-18-19-20-21-22-23-24-25-26-27-28-29-30-31-32-34-36-38-40-42-48(52)49-46(45-56-57(53,54)55-44-43-50(3,4)5)47(51)41-39-37-35-33-17-15-13-11-9-7-2/h8,10,14,16,19-20,22-23,25-26,28-29,31-32,39,41,46-47,51H,6-7,9,11-13,15,17-18,21,24,27,30,33-38,40,42-45H2,1-5H3,(H-,49,52,53,54)/p+1/b10-8-,16-14-,20-19-,23-22-,26-25-,29-28-,32-31-,41-39+. The fourth-order valence-corrected chi connectivity index (χ4v) is 6.28. The minimum Gasteiger partial charge on any atom is -0.387 e. The van der Waals surface area contributed by atoms with E-state index in [9.17, 15) is 19.4 Å². The van der Waals surface area contributed by atoms with E-state index in [0.29, 0.717) is 17.4 Å². The van der Waals surface area contributed by atoms with Crippen molar-refractivity contribution in [1.82, 2.24) is 5.32 Å². The molecule has 9 heteroatoms. The van der Waals surface area contributed by atoms with Crippen molar-refractivity contribution < 1.29 is 32.9 Å². The summed E-state index contributed by atoms with van der Waals surface area (Å²) in [6.45, 7) is 4.61. The van der Waals surface area contributed by atoms with Gasteiger partial charge in [0.25, 0.3) is 0 Å². The van der Waals surface area contributed by atoms with E-state index in [1.54, 1.807) is 6.08 Å². The summed E-state index contributed by atoms with van der Waals surface area (Å²) < 4.78 is 23.5. The van der Waals surface area contributed by atoms with Crippen LogP contribution >= 0.6 is 7.82 Å². The van der Waals surface area contributed by atoms with Gasteiger partial charge in [-0.2, -0.15) is 0 Å². The van der Waals surface area contributed by atoms with Gasteiger partial charge in [-0.3, -0.25) is 13.8 Å². The average Bonchev–Trinajstić information content (AvgIpc) is 3.16. The maximum atomic E-state index is 12.8. The van der Waals surface area contributed by atoms with Gasteiger partial charge < -0.3 is 19.8 Å². The number of nitrogens with zero attached hydrogens (tertiary/aromatic N) is 1. The van der Waals surface area contributed by atoms with E-state index in [-0.39, 0.29) is 19.1 Å². The Hall–Kier alpha value is -2.58. The maximum absolute atomic E-state index is 12.8. The van der Waals surface area contributed by atoms with Gasteiger partial charge in [-0.05, 0) is 77.0 Å². The zero-order valence-corrected chi connectivity index (χ0v) is 37.7. The Bertz CT molecular complexity index is 1240. The number of hydrogen-bond donors (Lipinski definition) is 3. The van der Waals surface area contributed by atoms with Crippen LogP contribution < -0.4 is 5.32 Å². The molecule has 3 atom stereocenters. The van der Waals surface area contributed by atoms with E-state index in [2.05, 4.69) is 104 Å². The van der Waals surface area contributed by atoms with Crippen molar-refractivity contribution in [2.24, 2.45) is 0 Å². The molecule has 0 spiro atoms. The zero-order chi connectivity index (χ0) is 42.1. The second-order valence-corrected chi connectivity index (χ2v) is 17.1. The van der Waals surface area contributed by atoms with Crippen molar-refractivity contribution in [1.29, 1.82) is 0 Å². The molecule has 0 fully saturated rings. The van der Waals surface area contributed by atoms with Gasteiger partial charge >= 0.3 is 7.82 Å². The lowest BCUT2D eigenvalue weighted by atomic mass is 10.1. The van der Waals surface area contributed by atoms with Crippen LogP contribution in [0.15, 0.2) is 97.2 Å². The summed E-state index contributed by atoms with van der Waals surface area (Å²) in [5.74, 6) is -0.217. The number of phosphoric ester groups is 1. The fourth-order valence-electron chi connectivity index (χ4n) is 5.55. The summed E-state index contributed by atoms with van der Waals surface area (Å²) in [6, 6.07) is -0.869. The molecule has 0 aromatic rings. The first-order chi connectivity index (χ1) is 27.5. The first-order valence-electron chi connectivity index (χ1n) is 22.1. The second kappa shape index (κ2) is 38.9. The molecule has 0 heterocycles. The number of rotatable bonds is 38. The molecule has 3 N–H and O–H groups in total. The highest BCUT2D eigenvalue weighted by Crippen LogP contribution is 2.43. The van der Waals surface area contributed by atoms with Gasteiger partial charge in [0.15, 0.2) is 0 Å². The summed E-state index contributed by atoms with van der Waals surface area (Å²) in [6.07, 6.45) is 54.8. The lowest BCUT2D eigenvalue weighted by molar-refractivity contribution is -0.870. The smallest absolute Gasteiger partial charge is 0.387 e. The van der Waals surface area contributed by atoms with E-state index in [0.717, 1.165) is 89.9 Å². The third-order valence-electron chi connectivity index (χ3n) is 9.06. The van der Waals surface area contributed by atoms with Crippen LogP contribution in [0.25, 0.3) is 0 Å². The number of carbonyl (C=O) groups is 1. The van der Waals surface area contributed by atoms with E-state index >= 15 is 0 Å². The largest absolute Gasteiger partial charge is 0.472 e. The van der Waals surface area contributed by atoms with Gasteiger partial charge in [0.2, 0.25) is 5.91 Å². The summed E-state index contributed by atoms with van der Waals surface area (Å²) in [5.41, 5.74) is 0. The highest BCUT2D eigenvalue weighted by atomic mass is 31.2. The van der Waals surface area contributed by atoms with E-state index in [1.807, 2.05) is 27.2 Å². The normalized spacial score (nSPS) is 15.3. The predicted molar refractivity (Wildman–Crippen MR) is 244 cm³/mol. The van der Waals surface area contributed by atoms with Gasteiger partial charge in [0.05, 0.1) is 39.9 Å². The van der Waals surface area contributed by atoms with E-state index in [4.69, 9.17) is 9.05 Å². The van der Waals surface area contributed by atoms with Crippen LogP contribution in [-0.4, -0.2) is 73.4 Å². The van der Waals surface area contributed by atoms with Gasteiger partial charge in [-0.15, -0.1) is 0 Å². The Morgan fingerprint density at radius 3 is 1.54 bits per heavy atom. The Morgan fingerprint density at radius 1 is 0.614 bits per heavy atom. The number of aliphatic hydroxyl groups excluding tert-OH is 1. The van der Waals surface area contributed by atoms with Crippen LogP contribution in [0.4, 0.5) is 0 Å². The zero-order valence-electron chi connectivity index (χ0n) is 36.8. The minimum atomic E-state index is -4.35. The van der Waals surface area contributed by atoms with Crippen LogP contribution in [-0.2, 0) is 18.4 Å². The predicted octanol–water partition coefficient (Wildman–Crippen LogP) is 12.4. The molecule has 1 amide bonds. The van der Waals surface area contributed by atoms with Gasteiger partial charge in [0, 0.05) is 6.42 Å². The van der Waals surface area contributed by atoms with Crippen molar-refractivity contribution >= 4 is 13.7 Å². The Balaban J connectivity index is 4.42. The van der Waals surface area contributed by atoms with E-state index < -0.39 is 20.0 Å². The van der Waals surface area contributed by atoms with Crippen LogP contribution in [0.3, 0.4) is 0 Å². The molecule has 0 aromatic heterocycles. The second-order valence-electron chi connectivity index (χ2n) is 15.7. The first kappa shape index (κ1) is 54.4. The van der Waals surface area contributed by atoms with Crippen LogP contribution in [0, 0.1) is 0 Å². The van der Waals surface area contributed by atoms with Crippen LogP contribution in [0.2, 0.25) is 0 Å². The van der Waals surface area contributed by atoms with E-state index in [1.165, 1.54) is 38.5 Å². The Morgan fingerprint density at radius 2 is 1.05 bits per heavy atom. The highest BCUT2D eigenvalue weighted by molar-refractivity contribution is 7.47. The van der Waals surface area contributed by atoms with Crippen molar-refractivity contribution in [3.63, 3.8) is 0 Å². The summed E-state index contributed by atoms with van der Waals surface area (Å²) in [5, 5.41) is 13.7. The molecular formula is C48H84N2O6P+. The molecule has 0 aromatic carbocycles. The number of aliphatic hydroxyl groups is 1. The summed E-state index contributed by atoms with van der Waals surface area (Å²) in [4.78, 5) is 23.1. The molecule has 0 rings (SSSR count). The fraction of sp³-hybridized carbons (Fsp3) is 0.646. The number of carbonyl (C=O) groups excluding carboxylic acids is 1. The molecule has 57 heavy (non-hydrogen) atoms. The Labute approximate surface area is 349 Å². The number of amides is 1. The average molecular weight is 816 g/mol. The minimum absolute atomic E-state index is 0.0487. The molecule has 0 saturated heterocycles. The monoisotopic (exact) mass is 816 g/mol. The molecular weight excluding hydrogens is 732 g/mol.